The molecule has 3 aromatic rings. The molecule has 3 N–H and O–H groups in total. The zero-order valence-electron chi connectivity index (χ0n) is 25.4. The molecule has 0 heterocycles. The number of hydrogen-bond donors (Lipinski definition) is 3. The Morgan fingerprint density at radius 2 is 1.60 bits per heavy atom. The van der Waals surface area contributed by atoms with E-state index in [2.05, 4.69) is 17.6 Å². The molecule has 0 saturated heterocycles. The van der Waals surface area contributed by atoms with Crippen LogP contribution in [0.3, 0.4) is 0 Å². The number of ether oxygens (including phenoxy) is 3. The summed E-state index contributed by atoms with van der Waals surface area (Å²) in [5, 5.41) is 14.9. The molecule has 0 saturated carbocycles. The van der Waals surface area contributed by atoms with Gasteiger partial charge in [0.15, 0.2) is 0 Å². The zero-order chi connectivity index (χ0) is 31.2. The van der Waals surface area contributed by atoms with Crippen LogP contribution in [0.15, 0.2) is 72.8 Å². The van der Waals surface area contributed by atoms with E-state index in [0.717, 1.165) is 52.8 Å². The number of hydrogen-bond acceptors (Lipinski definition) is 6. The second-order valence-electron chi connectivity index (χ2n) is 11.2. The Morgan fingerprint density at radius 1 is 0.884 bits per heavy atom. The standard InChI is InChI=1S/C34H42N2O7/c1-5-26-22-28(41-20-10-9-19-35-32(39)43-34(2,3)4)17-18-29(26)27-15-13-24(14-16-27)21-30(31(37)38)36-33(40)42-23-25-11-7-6-8-12-25/h6-8,11-18,22,30H,5,9-10,19-21,23H2,1-4H3,(H,35,39)(H,36,40)(H,37,38). The van der Waals surface area contributed by atoms with Crippen LogP contribution in [0.2, 0.25) is 0 Å². The minimum absolute atomic E-state index is 0.0602. The van der Waals surface area contributed by atoms with E-state index >= 15 is 0 Å². The van der Waals surface area contributed by atoms with Gasteiger partial charge in [-0.05, 0) is 80.0 Å². The number of alkyl carbamates (subject to hydrolysis) is 2. The van der Waals surface area contributed by atoms with Gasteiger partial charge in [-0.25, -0.2) is 14.4 Å². The Labute approximate surface area is 253 Å². The van der Waals surface area contributed by atoms with Gasteiger partial charge in [0, 0.05) is 13.0 Å². The van der Waals surface area contributed by atoms with Gasteiger partial charge in [0.25, 0.3) is 0 Å². The summed E-state index contributed by atoms with van der Waals surface area (Å²) in [4.78, 5) is 35.7. The quantitative estimate of drug-likeness (QED) is 0.183. The van der Waals surface area contributed by atoms with Crippen LogP contribution in [0.5, 0.6) is 5.75 Å². The van der Waals surface area contributed by atoms with E-state index in [0.29, 0.717) is 13.2 Å². The van der Waals surface area contributed by atoms with Crippen molar-refractivity contribution in [1.29, 1.82) is 0 Å². The van der Waals surface area contributed by atoms with Gasteiger partial charge in [-0.1, -0.05) is 67.6 Å². The third-order valence-electron chi connectivity index (χ3n) is 6.47. The Balaban J connectivity index is 1.50. The first-order valence-corrected chi connectivity index (χ1v) is 14.6. The van der Waals surface area contributed by atoms with Crippen LogP contribution in [0.4, 0.5) is 9.59 Å². The number of carboxylic acid groups (broad SMARTS) is 1. The Bertz CT molecular complexity index is 1340. The minimum Gasteiger partial charge on any atom is -0.494 e. The average Bonchev–Trinajstić information content (AvgIpc) is 2.97. The van der Waals surface area contributed by atoms with Gasteiger partial charge >= 0.3 is 18.2 Å². The molecule has 3 rings (SSSR count). The highest BCUT2D eigenvalue weighted by Gasteiger charge is 2.21. The molecule has 0 spiro atoms. The summed E-state index contributed by atoms with van der Waals surface area (Å²) in [5.41, 5.74) is 4.28. The highest BCUT2D eigenvalue weighted by molar-refractivity contribution is 5.80. The van der Waals surface area contributed by atoms with Gasteiger partial charge in [0.2, 0.25) is 0 Å². The summed E-state index contributed by atoms with van der Waals surface area (Å²) in [6, 6.07) is 21.7. The van der Waals surface area contributed by atoms with E-state index in [9.17, 15) is 19.5 Å². The minimum atomic E-state index is -1.14. The Hall–Kier alpha value is -4.53. The van der Waals surface area contributed by atoms with E-state index in [-0.39, 0.29) is 13.0 Å². The first-order valence-electron chi connectivity index (χ1n) is 14.6. The summed E-state index contributed by atoms with van der Waals surface area (Å²) in [5.74, 6) is -0.351. The maximum atomic E-state index is 12.2. The number of rotatable bonds is 14. The fourth-order valence-corrected chi connectivity index (χ4v) is 4.32. The summed E-state index contributed by atoms with van der Waals surface area (Å²) in [6.07, 6.45) is 1.30. The summed E-state index contributed by atoms with van der Waals surface area (Å²) >= 11 is 0. The molecule has 9 nitrogen and oxygen atoms in total. The SMILES string of the molecule is CCc1cc(OCCCCNC(=O)OC(C)(C)C)ccc1-c1ccc(CC(NC(=O)OCc2ccccc2)C(=O)O)cc1. The van der Waals surface area contributed by atoms with Gasteiger partial charge in [-0.15, -0.1) is 0 Å². The molecular formula is C34H42N2O7. The second kappa shape index (κ2) is 16.2. The lowest BCUT2D eigenvalue weighted by atomic mass is 9.96. The van der Waals surface area contributed by atoms with Crippen molar-refractivity contribution in [3.05, 3.63) is 89.5 Å². The molecule has 230 valence electrons. The lowest BCUT2D eigenvalue weighted by Gasteiger charge is -2.19. The molecule has 0 fully saturated rings. The topological polar surface area (TPSA) is 123 Å². The first-order chi connectivity index (χ1) is 20.5. The summed E-state index contributed by atoms with van der Waals surface area (Å²) < 4.78 is 16.4. The van der Waals surface area contributed by atoms with Crippen LogP contribution in [0.1, 0.15) is 57.2 Å². The number of nitrogens with one attached hydrogen (secondary N) is 2. The van der Waals surface area contributed by atoms with Crippen molar-refractivity contribution in [2.24, 2.45) is 0 Å². The monoisotopic (exact) mass is 590 g/mol. The van der Waals surface area contributed by atoms with Crippen LogP contribution >= 0.6 is 0 Å². The van der Waals surface area contributed by atoms with Crippen molar-refractivity contribution in [2.45, 2.75) is 71.6 Å². The van der Waals surface area contributed by atoms with Crippen molar-refractivity contribution in [3.8, 4) is 16.9 Å². The van der Waals surface area contributed by atoms with Crippen molar-refractivity contribution in [3.63, 3.8) is 0 Å². The molecule has 43 heavy (non-hydrogen) atoms. The average molecular weight is 591 g/mol. The van der Waals surface area contributed by atoms with Crippen molar-refractivity contribution in [2.75, 3.05) is 13.2 Å². The van der Waals surface area contributed by atoms with E-state index in [1.807, 2.05) is 93.6 Å². The third-order valence-corrected chi connectivity index (χ3v) is 6.47. The molecule has 0 bridgehead atoms. The number of aryl methyl sites for hydroxylation is 1. The van der Waals surface area contributed by atoms with E-state index < -0.39 is 29.8 Å². The number of unbranched alkanes of at least 4 members (excludes halogenated alkanes) is 1. The summed E-state index contributed by atoms with van der Waals surface area (Å²) in [7, 11) is 0. The predicted molar refractivity (Wildman–Crippen MR) is 165 cm³/mol. The van der Waals surface area contributed by atoms with Crippen LogP contribution < -0.4 is 15.4 Å². The molecule has 0 aromatic heterocycles. The number of benzene rings is 3. The molecule has 0 radical (unpaired) electrons. The Kier molecular flexibility index (Phi) is 12.4. The molecule has 1 atom stereocenters. The molecule has 0 aliphatic heterocycles. The van der Waals surface area contributed by atoms with Gasteiger partial charge in [0.05, 0.1) is 6.61 Å². The van der Waals surface area contributed by atoms with Crippen molar-refractivity contribution < 1.29 is 33.7 Å². The zero-order valence-corrected chi connectivity index (χ0v) is 25.4. The molecule has 1 unspecified atom stereocenters. The molecule has 2 amide bonds. The number of carboxylic acids is 1. The predicted octanol–water partition coefficient (Wildman–Crippen LogP) is 6.52. The highest BCUT2D eigenvalue weighted by atomic mass is 16.6. The normalized spacial score (nSPS) is 11.7. The van der Waals surface area contributed by atoms with Gasteiger partial charge in [-0.3, -0.25) is 0 Å². The number of aliphatic carboxylic acids is 1. The maximum Gasteiger partial charge on any atom is 0.408 e. The van der Waals surface area contributed by atoms with Gasteiger partial charge in [0.1, 0.15) is 24.0 Å². The van der Waals surface area contributed by atoms with Crippen molar-refractivity contribution in [1.82, 2.24) is 10.6 Å². The highest BCUT2D eigenvalue weighted by Crippen LogP contribution is 2.28. The molecular weight excluding hydrogens is 548 g/mol. The molecule has 3 aromatic carbocycles. The third kappa shape index (κ3) is 11.7. The molecule has 0 aliphatic carbocycles. The largest absolute Gasteiger partial charge is 0.494 e. The van der Waals surface area contributed by atoms with Crippen molar-refractivity contribution >= 4 is 18.2 Å². The van der Waals surface area contributed by atoms with E-state index in [4.69, 9.17) is 14.2 Å². The van der Waals surface area contributed by atoms with Crippen LogP contribution in [0.25, 0.3) is 11.1 Å². The van der Waals surface area contributed by atoms with Crippen LogP contribution in [0, 0.1) is 0 Å². The van der Waals surface area contributed by atoms with Gasteiger partial charge < -0.3 is 30.0 Å². The molecule has 0 aliphatic rings. The second-order valence-corrected chi connectivity index (χ2v) is 11.2. The van der Waals surface area contributed by atoms with Crippen LogP contribution in [-0.2, 0) is 33.7 Å². The smallest absolute Gasteiger partial charge is 0.408 e. The number of carbonyl (C=O) groups is 3. The van der Waals surface area contributed by atoms with Crippen LogP contribution in [-0.4, -0.2) is 48.1 Å². The fraction of sp³-hybridized carbons (Fsp3) is 0.382. The van der Waals surface area contributed by atoms with E-state index in [1.54, 1.807) is 0 Å². The maximum absolute atomic E-state index is 12.2. The summed E-state index contributed by atoms with van der Waals surface area (Å²) in [6.45, 7) is 8.69. The van der Waals surface area contributed by atoms with E-state index in [1.165, 1.54) is 0 Å². The lowest BCUT2D eigenvalue weighted by Crippen LogP contribution is -2.42. The molecule has 9 heteroatoms. The number of carbonyl (C=O) groups excluding carboxylic acids is 2. The first kappa shape index (κ1) is 33.0. The van der Waals surface area contributed by atoms with Gasteiger partial charge in [-0.2, -0.15) is 0 Å². The Morgan fingerprint density at radius 3 is 2.26 bits per heavy atom. The number of amides is 2. The fourth-order valence-electron chi connectivity index (χ4n) is 4.32. The lowest BCUT2D eigenvalue weighted by molar-refractivity contribution is -0.139.